The number of amides is 1. The van der Waals surface area contributed by atoms with Crippen molar-refractivity contribution in [3.05, 3.63) is 75.3 Å². The Morgan fingerprint density at radius 3 is 2.24 bits per heavy atom. The first kappa shape index (κ1) is 28.8. The molecule has 9 nitrogen and oxygen atoms in total. The maximum Gasteiger partial charge on any atom is 0.295 e. The molecule has 0 aromatic heterocycles. The average molecular weight is 524 g/mol. The van der Waals surface area contributed by atoms with Crippen LogP contribution in [0.5, 0.6) is 5.75 Å². The Morgan fingerprint density at radius 2 is 1.66 bits per heavy atom. The zero-order chi connectivity index (χ0) is 27.7. The molecule has 1 atom stereocenters. The van der Waals surface area contributed by atoms with Gasteiger partial charge in [-0.1, -0.05) is 51.0 Å². The van der Waals surface area contributed by atoms with E-state index in [1.807, 2.05) is 0 Å². The molecule has 1 heterocycles. The number of nitrogens with zero attached hydrogens (tertiary/aromatic N) is 3. The fourth-order valence-electron chi connectivity index (χ4n) is 4.73. The minimum Gasteiger partial charge on any atom is -0.507 e. The first-order valence-electron chi connectivity index (χ1n) is 13.2. The number of hydrogen-bond acceptors (Lipinski definition) is 7. The molecule has 1 N–H and O–H groups in total. The highest BCUT2D eigenvalue weighted by Crippen LogP contribution is 2.40. The standard InChI is InChI=1S/C29H37N3O6/c1-4-6-16-30(17-7-5-2)18-9-19-31-26(21-12-14-24(38-3)15-13-21)25(28(34)29(31)35)27(33)22-10-8-11-23(20-22)32(36)37/h8,10-15,20,26,33H,4-7,9,16-19H2,1-3H3/b27-25-. The molecule has 1 saturated heterocycles. The predicted molar refractivity (Wildman–Crippen MR) is 146 cm³/mol. The summed E-state index contributed by atoms with van der Waals surface area (Å²) >= 11 is 0. The second-order valence-electron chi connectivity index (χ2n) is 9.48. The van der Waals surface area contributed by atoms with E-state index in [-0.39, 0.29) is 16.8 Å². The third-order valence-electron chi connectivity index (χ3n) is 6.83. The maximum absolute atomic E-state index is 13.3. The lowest BCUT2D eigenvalue weighted by atomic mass is 9.95. The van der Waals surface area contributed by atoms with Gasteiger partial charge in [0.2, 0.25) is 0 Å². The van der Waals surface area contributed by atoms with Crippen LogP contribution in [0.2, 0.25) is 0 Å². The summed E-state index contributed by atoms with van der Waals surface area (Å²) in [4.78, 5) is 41.1. The van der Waals surface area contributed by atoms with Crippen molar-refractivity contribution in [2.24, 2.45) is 0 Å². The van der Waals surface area contributed by atoms with Crippen LogP contribution >= 0.6 is 0 Å². The highest BCUT2D eigenvalue weighted by molar-refractivity contribution is 6.46. The molecule has 1 aliphatic rings. The highest BCUT2D eigenvalue weighted by atomic mass is 16.6. The van der Waals surface area contributed by atoms with Crippen LogP contribution in [-0.2, 0) is 9.59 Å². The third-order valence-corrected chi connectivity index (χ3v) is 6.83. The summed E-state index contributed by atoms with van der Waals surface area (Å²) in [6.45, 7) is 7.43. The van der Waals surface area contributed by atoms with Gasteiger partial charge >= 0.3 is 0 Å². The number of ether oxygens (including phenoxy) is 1. The van der Waals surface area contributed by atoms with Gasteiger partial charge in [0.1, 0.15) is 11.5 Å². The fourth-order valence-corrected chi connectivity index (χ4v) is 4.73. The van der Waals surface area contributed by atoms with Gasteiger partial charge in [0.15, 0.2) is 0 Å². The van der Waals surface area contributed by atoms with Crippen molar-refractivity contribution in [2.75, 3.05) is 33.3 Å². The number of carbonyl (C=O) groups excluding carboxylic acids is 2. The summed E-state index contributed by atoms with van der Waals surface area (Å²) in [5, 5.41) is 22.5. The molecule has 2 aromatic carbocycles. The van der Waals surface area contributed by atoms with Crippen LogP contribution in [0.3, 0.4) is 0 Å². The molecule has 1 aliphatic heterocycles. The van der Waals surface area contributed by atoms with E-state index in [0.717, 1.165) is 45.3 Å². The van der Waals surface area contributed by atoms with E-state index in [0.29, 0.717) is 24.3 Å². The molecule has 9 heteroatoms. The van der Waals surface area contributed by atoms with E-state index in [9.17, 15) is 24.8 Å². The molecule has 3 rings (SSSR count). The maximum atomic E-state index is 13.3. The lowest BCUT2D eigenvalue weighted by Crippen LogP contribution is -2.34. The minimum absolute atomic E-state index is 0.0745. The predicted octanol–water partition coefficient (Wildman–Crippen LogP) is 5.32. The number of aliphatic hydroxyl groups is 1. The number of hydrogen-bond donors (Lipinski definition) is 1. The number of carbonyl (C=O) groups is 2. The van der Waals surface area contributed by atoms with Crippen molar-refractivity contribution in [2.45, 2.75) is 52.0 Å². The van der Waals surface area contributed by atoms with Crippen molar-refractivity contribution >= 4 is 23.1 Å². The van der Waals surface area contributed by atoms with Gasteiger partial charge in [-0.25, -0.2) is 0 Å². The van der Waals surface area contributed by atoms with Crippen molar-refractivity contribution in [1.82, 2.24) is 9.80 Å². The van der Waals surface area contributed by atoms with Gasteiger partial charge in [0, 0.05) is 24.2 Å². The Balaban J connectivity index is 1.96. The van der Waals surface area contributed by atoms with Gasteiger partial charge < -0.3 is 19.6 Å². The molecule has 38 heavy (non-hydrogen) atoms. The largest absolute Gasteiger partial charge is 0.507 e. The Kier molecular flexibility index (Phi) is 10.4. The van der Waals surface area contributed by atoms with E-state index in [4.69, 9.17) is 4.74 Å². The van der Waals surface area contributed by atoms with Crippen LogP contribution in [0.1, 0.15) is 63.1 Å². The summed E-state index contributed by atoms with van der Waals surface area (Å²) in [7, 11) is 1.55. The normalized spacial score (nSPS) is 16.8. The Hall–Kier alpha value is -3.72. The molecule has 1 amide bonds. The second kappa shape index (κ2) is 13.7. The number of nitro groups is 1. The highest BCUT2D eigenvalue weighted by Gasteiger charge is 2.45. The molecule has 0 saturated carbocycles. The first-order chi connectivity index (χ1) is 18.3. The molecule has 1 fully saturated rings. The number of rotatable bonds is 14. The summed E-state index contributed by atoms with van der Waals surface area (Å²) in [5.41, 5.74) is 0.463. The van der Waals surface area contributed by atoms with Crippen LogP contribution < -0.4 is 4.74 Å². The van der Waals surface area contributed by atoms with Gasteiger partial charge in [0.25, 0.3) is 17.4 Å². The summed E-state index contributed by atoms with van der Waals surface area (Å²) in [6, 6.07) is 11.6. The van der Waals surface area contributed by atoms with E-state index in [1.54, 1.807) is 31.4 Å². The Bertz CT molecular complexity index is 1150. The van der Waals surface area contributed by atoms with Crippen LogP contribution in [-0.4, -0.2) is 64.8 Å². The van der Waals surface area contributed by atoms with Crippen LogP contribution in [0.25, 0.3) is 5.76 Å². The fraction of sp³-hybridized carbons (Fsp3) is 0.448. The van der Waals surface area contributed by atoms with Gasteiger partial charge in [-0.2, -0.15) is 0 Å². The van der Waals surface area contributed by atoms with E-state index < -0.39 is 28.4 Å². The SMILES string of the molecule is CCCCN(CCCC)CCCN1C(=O)C(=O)/C(=C(\O)c2cccc([N+](=O)[O-])c2)C1c1ccc(OC)cc1. The number of methoxy groups -OCH3 is 1. The molecular formula is C29H37N3O6. The molecule has 1 unspecified atom stereocenters. The zero-order valence-corrected chi connectivity index (χ0v) is 22.4. The third kappa shape index (κ3) is 6.77. The van der Waals surface area contributed by atoms with Crippen LogP contribution in [0.4, 0.5) is 5.69 Å². The zero-order valence-electron chi connectivity index (χ0n) is 22.4. The molecule has 0 aliphatic carbocycles. The molecule has 0 spiro atoms. The summed E-state index contributed by atoms with van der Waals surface area (Å²) in [6.07, 6.45) is 5.08. The average Bonchev–Trinajstić information content (AvgIpc) is 3.18. The number of nitro benzene ring substituents is 1. The molecule has 0 bridgehead atoms. The topological polar surface area (TPSA) is 113 Å². The van der Waals surface area contributed by atoms with Crippen LogP contribution in [0.15, 0.2) is 54.1 Å². The number of benzene rings is 2. The number of aliphatic hydroxyl groups excluding tert-OH is 1. The van der Waals surface area contributed by atoms with Gasteiger partial charge in [-0.15, -0.1) is 0 Å². The molecule has 0 radical (unpaired) electrons. The van der Waals surface area contributed by atoms with Gasteiger partial charge in [-0.3, -0.25) is 19.7 Å². The van der Waals surface area contributed by atoms with E-state index in [2.05, 4.69) is 18.7 Å². The lowest BCUT2D eigenvalue weighted by molar-refractivity contribution is -0.384. The quantitative estimate of drug-likeness (QED) is 0.117. The van der Waals surface area contributed by atoms with Crippen molar-refractivity contribution in [1.29, 1.82) is 0 Å². The smallest absolute Gasteiger partial charge is 0.295 e. The molecule has 2 aromatic rings. The summed E-state index contributed by atoms with van der Waals surface area (Å²) < 4.78 is 5.26. The first-order valence-corrected chi connectivity index (χ1v) is 13.2. The Morgan fingerprint density at radius 1 is 1.03 bits per heavy atom. The van der Waals surface area contributed by atoms with Crippen molar-refractivity contribution in [3.8, 4) is 5.75 Å². The Labute approximate surface area is 223 Å². The van der Waals surface area contributed by atoms with E-state index >= 15 is 0 Å². The number of Topliss-reactive ketones (excluding diaryl/α,β-unsaturated/α-hetero) is 1. The summed E-state index contributed by atoms with van der Waals surface area (Å²) in [5.74, 6) is -1.30. The second-order valence-corrected chi connectivity index (χ2v) is 9.48. The lowest BCUT2D eigenvalue weighted by Gasteiger charge is -2.27. The minimum atomic E-state index is -0.820. The van der Waals surface area contributed by atoms with Crippen molar-refractivity contribution < 1.29 is 24.4 Å². The molecular weight excluding hydrogens is 486 g/mol. The number of likely N-dealkylation sites (tertiary alicyclic amines) is 1. The number of non-ortho nitro benzene ring substituents is 1. The molecule has 204 valence electrons. The van der Waals surface area contributed by atoms with Crippen molar-refractivity contribution in [3.63, 3.8) is 0 Å². The number of unbranched alkanes of at least 4 members (excludes halogenated alkanes) is 2. The van der Waals surface area contributed by atoms with Gasteiger partial charge in [-0.05, 0) is 56.6 Å². The van der Waals surface area contributed by atoms with Crippen LogP contribution in [0, 0.1) is 10.1 Å². The number of ketones is 1. The monoisotopic (exact) mass is 523 g/mol. The van der Waals surface area contributed by atoms with Gasteiger partial charge in [0.05, 0.1) is 23.6 Å². The van der Waals surface area contributed by atoms with E-state index in [1.165, 1.54) is 29.2 Å².